The summed E-state index contributed by atoms with van der Waals surface area (Å²) >= 11 is 11.7. The van der Waals surface area contributed by atoms with Gasteiger partial charge in [0.15, 0.2) is 0 Å². The van der Waals surface area contributed by atoms with Crippen LogP contribution < -0.4 is 4.74 Å². The van der Waals surface area contributed by atoms with E-state index in [4.69, 9.17) is 32.7 Å². The van der Waals surface area contributed by atoms with Crippen molar-refractivity contribution in [2.75, 3.05) is 33.0 Å². The minimum atomic E-state index is -0.267. The predicted octanol–water partition coefficient (Wildman–Crippen LogP) is 1.98. The number of nitrogens with zero attached hydrogens (tertiary/aromatic N) is 1. The molecule has 21 heavy (non-hydrogen) atoms. The van der Waals surface area contributed by atoms with Gasteiger partial charge in [-0.05, 0) is 12.1 Å². The van der Waals surface area contributed by atoms with Crippen LogP contribution in [0, 0.1) is 0 Å². The van der Waals surface area contributed by atoms with Crippen molar-refractivity contribution in [3.63, 3.8) is 0 Å². The maximum absolute atomic E-state index is 12.1. The van der Waals surface area contributed by atoms with E-state index in [1.54, 1.807) is 23.1 Å². The Kier molecular flexibility index (Phi) is 6.11. The molecule has 1 atom stereocenters. The molecule has 0 aliphatic carbocycles. The summed E-state index contributed by atoms with van der Waals surface area (Å²) in [5, 5.41) is 10.1. The van der Waals surface area contributed by atoms with E-state index in [0.717, 1.165) is 0 Å². The summed E-state index contributed by atoms with van der Waals surface area (Å²) in [6.45, 7) is 1.51. The van der Waals surface area contributed by atoms with Gasteiger partial charge in [-0.2, -0.15) is 0 Å². The fourth-order valence-electron chi connectivity index (χ4n) is 2.10. The Morgan fingerprint density at radius 2 is 2.24 bits per heavy atom. The SMILES string of the molecule is O=C(CCOc1ccc(Cl)c(Cl)c1)N1CCOCC1CO. The summed E-state index contributed by atoms with van der Waals surface area (Å²) < 4.78 is 10.7. The lowest BCUT2D eigenvalue weighted by Crippen LogP contribution is -2.50. The molecule has 0 aromatic heterocycles. The summed E-state index contributed by atoms with van der Waals surface area (Å²) in [6, 6.07) is 4.69. The molecule has 0 radical (unpaired) electrons. The predicted molar refractivity (Wildman–Crippen MR) is 80.0 cm³/mol. The maximum atomic E-state index is 12.1. The molecule has 7 heteroatoms. The average Bonchev–Trinajstić information content (AvgIpc) is 2.50. The van der Waals surface area contributed by atoms with E-state index in [2.05, 4.69) is 0 Å². The molecule has 1 heterocycles. The van der Waals surface area contributed by atoms with E-state index in [0.29, 0.717) is 35.6 Å². The van der Waals surface area contributed by atoms with Gasteiger partial charge >= 0.3 is 0 Å². The zero-order valence-electron chi connectivity index (χ0n) is 11.4. The molecule has 0 spiro atoms. The lowest BCUT2D eigenvalue weighted by atomic mass is 10.2. The number of hydrogen-bond acceptors (Lipinski definition) is 4. The lowest BCUT2D eigenvalue weighted by Gasteiger charge is -2.34. The summed E-state index contributed by atoms with van der Waals surface area (Å²) in [7, 11) is 0. The highest BCUT2D eigenvalue weighted by Gasteiger charge is 2.26. The smallest absolute Gasteiger partial charge is 0.226 e. The molecular formula is C14H17Cl2NO4. The number of benzene rings is 1. The summed E-state index contributed by atoms with van der Waals surface area (Å²) in [5.41, 5.74) is 0. The van der Waals surface area contributed by atoms with E-state index in [9.17, 15) is 9.90 Å². The molecule has 1 aromatic rings. The number of halogens is 2. The molecule has 1 amide bonds. The molecule has 0 bridgehead atoms. The average molecular weight is 334 g/mol. The second-order valence-corrected chi connectivity index (χ2v) is 5.49. The second-order valence-electron chi connectivity index (χ2n) is 4.67. The van der Waals surface area contributed by atoms with Gasteiger partial charge in [-0.15, -0.1) is 0 Å². The number of rotatable bonds is 5. The van der Waals surface area contributed by atoms with Crippen molar-refractivity contribution < 1.29 is 19.4 Å². The third-order valence-electron chi connectivity index (χ3n) is 3.23. The third kappa shape index (κ3) is 4.48. The van der Waals surface area contributed by atoms with E-state index < -0.39 is 0 Å². The maximum Gasteiger partial charge on any atom is 0.226 e. The summed E-state index contributed by atoms with van der Waals surface area (Å²) in [6.07, 6.45) is 0.233. The highest BCUT2D eigenvalue weighted by molar-refractivity contribution is 6.42. The number of ether oxygens (including phenoxy) is 2. The molecule has 2 rings (SSSR count). The monoisotopic (exact) mass is 333 g/mol. The molecule has 1 aromatic carbocycles. The fourth-order valence-corrected chi connectivity index (χ4v) is 2.39. The third-order valence-corrected chi connectivity index (χ3v) is 3.97. The first kappa shape index (κ1) is 16.4. The number of carbonyl (C=O) groups is 1. The van der Waals surface area contributed by atoms with Crippen LogP contribution in [-0.4, -0.2) is 54.9 Å². The summed E-state index contributed by atoms with van der Waals surface area (Å²) in [5.74, 6) is 0.510. The van der Waals surface area contributed by atoms with Crippen molar-refractivity contribution in [1.29, 1.82) is 0 Å². The zero-order valence-corrected chi connectivity index (χ0v) is 12.9. The van der Waals surface area contributed by atoms with Crippen LogP contribution in [0.25, 0.3) is 0 Å². The van der Waals surface area contributed by atoms with E-state index in [1.807, 2.05) is 0 Å². The van der Waals surface area contributed by atoms with Crippen molar-refractivity contribution in [2.24, 2.45) is 0 Å². The number of aliphatic hydroxyl groups is 1. The highest BCUT2D eigenvalue weighted by atomic mass is 35.5. The minimum absolute atomic E-state index is 0.0580. The van der Waals surface area contributed by atoms with Crippen molar-refractivity contribution >= 4 is 29.1 Å². The van der Waals surface area contributed by atoms with Gasteiger partial charge in [0.25, 0.3) is 0 Å². The Hall–Kier alpha value is -1.01. The van der Waals surface area contributed by atoms with Crippen molar-refractivity contribution in [2.45, 2.75) is 12.5 Å². The first-order chi connectivity index (χ1) is 10.1. The van der Waals surface area contributed by atoms with Crippen LogP contribution in [-0.2, 0) is 9.53 Å². The Morgan fingerprint density at radius 1 is 1.43 bits per heavy atom. The standard InChI is InChI=1S/C14H17Cl2NO4/c15-12-2-1-11(7-13(12)16)21-5-3-14(19)17-4-6-20-9-10(17)8-18/h1-2,7,10,18H,3-6,8-9H2. The van der Waals surface area contributed by atoms with Crippen LogP contribution >= 0.6 is 23.2 Å². The molecule has 1 saturated heterocycles. The first-order valence-corrected chi connectivity index (χ1v) is 7.43. The number of amides is 1. The molecule has 1 unspecified atom stereocenters. The topological polar surface area (TPSA) is 59.0 Å². The quantitative estimate of drug-likeness (QED) is 0.895. The Bertz CT molecular complexity index is 498. The van der Waals surface area contributed by atoms with Crippen LogP contribution in [0.15, 0.2) is 18.2 Å². The highest BCUT2D eigenvalue weighted by Crippen LogP contribution is 2.26. The zero-order chi connectivity index (χ0) is 15.2. The van der Waals surface area contributed by atoms with Gasteiger partial charge in [-0.25, -0.2) is 0 Å². The van der Waals surface area contributed by atoms with Crippen LogP contribution in [0.5, 0.6) is 5.75 Å². The molecule has 5 nitrogen and oxygen atoms in total. The van der Waals surface area contributed by atoms with E-state index >= 15 is 0 Å². The van der Waals surface area contributed by atoms with Crippen molar-refractivity contribution in [3.8, 4) is 5.75 Å². The van der Waals surface area contributed by atoms with Gasteiger partial charge in [0.05, 0.1) is 48.9 Å². The first-order valence-electron chi connectivity index (χ1n) is 6.67. The van der Waals surface area contributed by atoms with Crippen LogP contribution in [0.1, 0.15) is 6.42 Å². The van der Waals surface area contributed by atoms with Crippen molar-refractivity contribution in [3.05, 3.63) is 28.2 Å². The summed E-state index contributed by atoms with van der Waals surface area (Å²) in [4.78, 5) is 13.8. The number of morpholine rings is 1. The molecular weight excluding hydrogens is 317 g/mol. The van der Waals surface area contributed by atoms with Gasteiger partial charge in [0.2, 0.25) is 5.91 Å². The fraction of sp³-hybridized carbons (Fsp3) is 0.500. The molecule has 116 valence electrons. The van der Waals surface area contributed by atoms with Gasteiger partial charge in [0.1, 0.15) is 5.75 Å². The van der Waals surface area contributed by atoms with Crippen LogP contribution in [0.4, 0.5) is 0 Å². The van der Waals surface area contributed by atoms with E-state index in [1.165, 1.54) is 0 Å². The van der Waals surface area contributed by atoms with E-state index in [-0.39, 0.29) is 31.6 Å². The van der Waals surface area contributed by atoms with Crippen LogP contribution in [0.3, 0.4) is 0 Å². The molecule has 1 aliphatic heterocycles. The number of hydrogen-bond donors (Lipinski definition) is 1. The Morgan fingerprint density at radius 3 is 2.95 bits per heavy atom. The molecule has 1 N–H and O–H groups in total. The van der Waals surface area contributed by atoms with Crippen LogP contribution in [0.2, 0.25) is 10.0 Å². The minimum Gasteiger partial charge on any atom is -0.493 e. The van der Waals surface area contributed by atoms with Gasteiger partial charge in [-0.1, -0.05) is 23.2 Å². The Labute approximate surface area is 133 Å². The molecule has 1 fully saturated rings. The van der Waals surface area contributed by atoms with Gasteiger partial charge in [0, 0.05) is 12.6 Å². The largest absolute Gasteiger partial charge is 0.493 e. The Balaban J connectivity index is 1.82. The molecule has 1 aliphatic rings. The van der Waals surface area contributed by atoms with Gasteiger partial charge in [-0.3, -0.25) is 4.79 Å². The second kappa shape index (κ2) is 7.84. The molecule has 0 saturated carbocycles. The van der Waals surface area contributed by atoms with Gasteiger partial charge < -0.3 is 19.5 Å². The lowest BCUT2D eigenvalue weighted by molar-refractivity contribution is -0.142. The number of carbonyl (C=O) groups excluding carboxylic acids is 1. The normalized spacial score (nSPS) is 18.6. The number of aliphatic hydroxyl groups excluding tert-OH is 1. The van der Waals surface area contributed by atoms with Crippen molar-refractivity contribution in [1.82, 2.24) is 4.90 Å².